The average molecular weight is 304 g/mol. The van der Waals surface area contributed by atoms with Gasteiger partial charge in [0.15, 0.2) is 0 Å². The van der Waals surface area contributed by atoms with E-state index in [0.717, 1.165) is 0 Å². The van der Waals surface area contributed by atoms with Crippen LogP contribution < -0.4 is 5.32 Å². The topological polar surface area (TPSA) is 110 Å². The van der Waals surface area contributed by atoms with Crippen molar-refractivity contribution in [3.63, 3.8) is 0 Å². The fourth-order valence-electron chi connectivity index (χ4n) is 1.74. The molecule has 0 saturated carbocycles. The van der Waals surface area contributed by atoms with Crippen LogP contribution in [-0.4, -0.2) is 38.9 Å². The van der Waals surface area contributed by atoms with Crippen LogP contribution in [-0.2, 0) is 0 Å². The highest BCUT2D eigenvalue weighted by Gasteiger charge is 2.11. The molecular formula is C14H16N4O4. The molecule has 2 rings (SSSR count). The van der Waals surface area contributed by atoms with Crippen LogP contribution >= 0.6 is 0 Å². The number of aliphatic hydroxyl groups is 1. The van der Waals surface area contributed by atoms with Gasteiger partial charge >= 0.3 is 0 Å². The number of carbonyl (C=O) groups is 1. The van der Waals surface area contributed by atoms with Gasteiger partial charge in [0.1, 0.15) is 0 Å². The van der Waals surface area contributed by atoms with Crippen LogP contribution in [0.5, 0.6) is 0 Å². The smallest absolute Gasteiger partial charge is 0.269 e. The van der Waals surface area contributed by atoms with Crippen molar-refractivity contribution in [3.8, 4) is 5.69 Å². The Morgan fingerprint density at radius 3 is 2.73 bits per heavy atom. The summed E-state index contributed by atoms with van der Waals surface area (Å²) >= 11 is 0. The fraction of sp³-hybridized carbons (Fsp3) is 0.286. The second-order valence-electron chi connectivity index (χ2n) is 4.94. The largest absolute Gasteiger partial charge is 0.396 e. The van der Waals surface area contributed by atoms with Gasteiger partial charge in [-0.1, -0.05) is 6.92 Å². The summed E-state index contributed by atoms with van der Waals surface area (Å²) in [6.45, 7) is 2.20. The number of amides is 1. The molecule has 0 fully saturated rings. The van der Waals surface area contributed by atoms with Crippen LogP contribution in [0.15, 0.2) is 36.7 Å². The van der Waals surface area contributed by atoms with Gasteiger partial charge in [0.25, 0.3) is 11.6 Å². The Labute approximate surface area is 126 Å². The van der Waals surface area contributed by atoms with Gasteiger partial charge in [-0.05, 0) is 18.1 Å². The van der Waals surface area contributed by atoms with E-state index in [4.69, 9.17) is 5.11 Å². The first kappa shape index (κ1) is 15.6. The molecule has 1 heterocycles. The Bertz CT molecular complexity index is 666. The van der Waals surface area contributed by atoms with E-state index >= 15 is 0 Å². The summed E-state index contributed by atoms with van der Waals surface area (Å²) in [5, 5.41) is 26.3. The number of rotatable bonds is 6. The van der Waals surface area contributed by atoms with E-state index in [1.807, 2.05) is 6.92 Å². The molecule has 0 aliphatic rings. The van der Waals surface area contributed by atoms with Gasteiger partial charge < -0.3 is 10.4 Å². The number of carbonyl (C=O) groups excluding carboxylic acids is 1. The molecule has 1 amide bonds. The van der Waals surface area contributed by atoms with Crippen LogP contribution in [0, 0.1) is 16.0 Å². The minimum absolute atomic E-state index is 0.00232. The summed E-state index contributed by atoms with van der Waals surface area (Å²) in [4.78, 5) is 22.0. The Morgan fingerprint density at radius 1 is 1.45 bits per heavy atom. The molecule has 0 aliphatic heterocycles. The van der Waals surface area contributed by atoms with Gasteiger partial charge in [-0.15, -0.1) is 0 Å². The second-order valence-corrected chi connectivity index (χ2v) is 4.94. The zero-order valence-corrected chi connectivity index (χ0v) is 12.0. The normalized spacial score (nSPS) is 11.9. The number of benzene rings is 1. The number of aliphatic hydroxyl groups excluding tert-OH is 1. The molecule has 0 spiro atoms. The molecule has 8 nitrogen and oxygen atoms in total. The second kappa shape index (κ2) is 6.81. The number of nitro groups is 1. The number of non-ortho nitro benzene ring substituents is 1. The zero-order chi connectivity index (χ0) is 16.1. The summed E-state index contributed by atoms with van der Waals surface area (Å²) in [5.74, 6) is -0.304. The van der Waals surface area contributed by atoms with E-state index in [0.29, 0.717) is 17.8 Å². The maximum absolute atomic E-state index is 11.9. The van der Waals surface area contributed by atoms with Gasteiger partial charge in [-0.2, -0.15) is 5.10 Å². The lowest BCUT2D eigenvalue weighted by atomic mass is 10.2. The number of nitrogens with one attached hydrogen (secondary N) is 1. The van der Waals surface area contributed by atoms with E-state index in [1.54, 1.807) is 18.3 Å². The number of aromatic nitrogens is 2. The lowest BCUT2D eigenvalue weighted by Crippen LogP contribution is -2.29. The maximum Gasteiger partial charge on any atom is 0.269 e. The number of hydrogen-bond donors (Lipinski definition) is 2. The predicted molar refractivity (Wildman–Crippen MR) is 78.8 cm³/mol. The third kappa shape index (κ3) is 3.67. The number of nitro benzene ring substituents is 1. The van der Waals surface area contributed by atoms with Crippen molar-refractivity contribution >= 4 is 11.6 Å². The minimum Gasteiger partial charge on any atom is -0.396 e. The molecule has 116 valence electrons. The average Bonchev–Trinajstić information content (AvgIpc) is 3.02. The third-order valence-corrected chi connectivity index (χ3v) is 3.09. The number of nitrogens with zero attached hydrogens (tertiary/aromatic N) is 3. The van der Waals surface area contributed by atoms with Crippen molar-refractivity contribution in [2.75, 3.05) is 13.2 Å². The van der Waals surface area contributed by atoms with Crippen LogP contribution in [0.25, 0.3) is 5.69 Å². The molecule has 0 aliphatic carbocycles. The van der Waals surface area contributed by atoms with E-state index in [9.17, 15) is 14.9 Å². The summed E-state index contributed by atoms with van der Waals surface area (Å²) in [6.07, 6.45) is 2.96. The van der Waals surface area contributed by atoms with Crippen LogP contribution in [0.1, 0.15) is 17.3 Å². The Balaban J connectivity index is 2.07. The molecule has 0 bridgehead atoms. The van der Waals surface area contributed by atoms with E-state index in [1.165, 1.54) is 23.0 Å². The first-order chi connectivity index (χ1) is 10.5. The Kier molecular flexibility index (Phi) is 4.84. The van der Waals surface area contributed by atoms with Crippen molar-refractivity contribution in [2.24, 2.45) is 5.92 Å². The fourth-order valence-corrected chi connectivity index (χ4v) is 1.74. The first-order valence-electron chi connectivity index (χ1n) is 6.70. The van der Waals surface area contributed by atoms with Crippen molar-refractivity contribution in [2.45, 2.75) is 6.92 Å². The van der Waals surface area contributed by atoms with Gasteiger partial charge in [-0.25, -0.2) is 4.68 Å². The molecule has 1 aromatic heterocycles. The monoisotopic (exact) mass is 304 g/mol. The SMILES string of the molecule is CC(CO)CNC(=O)c1cnn(-c2ccc([N+](=O)[O-])cc2)c1. The summed E-state index contributed by atoms with van der Waals surface area (Å²) in [7, 11) is 0. The van der Waals surface area contributed by atoms with E-state index in [-0.39, 0.29) is 24.1 Å². The predicted octanol–water partition coefficient (Wildman–Crippen LogP) is 1.14. The van der Waals surface area contributed by atoms with Crippen LogP contribution in [0.4, 0.5) is 5.69 Å². The first-order valence-corrected chi connectivity index (χ1v) is 6.70. The molecular weight excluding hydrogens is 288 g/mol. The molecule has 1 aromatic carbocycles. The van der Waals surface area contributed by atoms with Crippen molar-refractivity contribution in [1.82, 2.24) is 15.1 Å². The van der Waals surface area contributed by atoms with Crippen molar-refractivity contribution < 1.29 is 14.8 Å². The number of hydrogen-bond acceptors (Lipinski definition) is 5. The summed E-state index contributed by atoms with van der Waals surface area (Å²) < 4.78 is 1.47. The van der Waals surface area contributed by atoms with Crippen LogP contribution in [0.3, 0.4) is 0 Å². The highest BCUT2D eigenvalue weighted by Crippen LogP contribution is 2.15. The molecule has 1 atom stereocenters. The quantitative estimate of drug-likeness (QED) is 0.614. The standard InChI is InChI=1S/C14H16N4O4/c1-10(9-19)6-15-14(20)11-7-16-17(8-11)12-2-4-13(5-3-12)18(21)22/h2-5,7-8,10,19H,6,9H2,1H3,(H,15,20). The Hall–Kier alpha value is -2.74. The highest BCUT2D eigenvalue weighted by atomic mass is 16.6. The minimum atomic E-state index is -0.478. The van der Waals surface area contributed by atoms with Gasteiger partial charge in [0.2, 0.25) is 0 Å². The third-order valence-electron chi connectivity index (χ3n) is 3.09. The van der Waals surface area contributed by atoms with E-state index in [2.05, 4.69) is 10.4 Å². The lowest BCUT2D eigenvalue weighted by molar-refractivity contribution is -0.384. The zero-order valence-electron chi connectivity index (χ0n) is 12.0. The highest BCUT2D eigenvalue weighted by molar-refractivity contribution is 5.93. The van der Waals surface area contributed by atoms with Crippen LogP contribution in [0.2, 0.25) is 0 Å². The molecule has 0 radical (unpaired) electrons. The maximum atomic E-state index is 11.9. The summed E-state index contributed by atoms with van der Waals surface area (Å²) in [6, 6.07) is 5.86. The molecule has 22 heavy (non-hydrogen) atoms. The van der Waals surface area contributed by atoms with Gasteiger partial charge in [-0.3, -0.25) is 14.9 Å². The van der Waals surface area contributed by atoms with Crippen molar-refractivity contribution in [3.05, 3.63) is 52.3 Å². The van der Waals surface area contributed by atoms with Gasteiger partial charge in [0.05, 0.1) is 22.4 Å². The molecule has 2 aromatic rings. The molecule has 1 unspecified atom stereocenters. The molecule has 0 saturated heterocycles. The Morgan fingerprint density at radius 2 is 2.14 bits per heavy atom. The van der Waals surface area contributed by atoms with Crippen molar-refractivity contribution in [1.29, 1.82) is 0 Å². The molecule has 2 N–H and O–H groups in total. The molecule has 8 heteroatoms. The summed E-state index contributed by atoms with van der Waals surface area (Å²) in [5.41, 5.74) is 0.990. The van der Waals surface area contributed by atoms with E-state index < -0.39 is 4.92 Å². The lowest BCUT2D eigenvalue weighted by Gasteiger charge is -2.08. The van der Waals surface area contributed by atoms with Gasteiger partial charge in [0, 0.05) is 31.5 Å².